The van der Waals surface area contributed by atoms with Crippen LogP contribution in [0.5, 0.6) is 0 Å². The lowest BCUT2D eigenvalue weighted by molar-refractivity contribution is -0.104. The summed E-state index contributed by atoms with van der Waals surface area (Å²) < 4.78 is 1.76. The lowest BCUT2D eigenvalue weighted by Gasteiger charge is -2.22. The molecule has 88 valence electrons. The topological polar surface area (TPSA) is 42.2 Å². The molecule has 1 N–H and O–H groups in total. The highest BCUT2D eigenvalue weighted by molar-refractivity contribution is 5.84. The van der Waals surface area contributed by atoms with Crippen LogP contribution in [-0.2, 0) is 10.5 Å². The number of carbonyl (C=O) groups excluding carboxylic acids is 1. The van der Waals surface area contributed by atoms with Crippen LogP contribution < -0.4 is 0 Å². The van der Waals surface area contributed by atoms with Crippen molar-refractivity contribution in [1.82, 2.24) is 4.57 Å². The number of fused-ring (bicyclic) bond motifs is 1. The fourth-order valence-corrected chi connectivity index (χ4v) is 2.03. The molecule has 1 aromatic carbocycles. The van der Waals surface area contributed by atoms with E-state index in [1.54, 1.807) is 11.5 Å². The van der Waals surface area contributed by atoms with Crippen molar-refractivity contribution in [1.29, 1.82) is 0 Å². The maximum atomic E-state index is 10.3. The van der Waals surface area contributed by atoms with E-state index in [0.717, 1.165) is 16.5 Å². The summed E-state index contributed by atoms with van der Waals surface area (Å²) in [5.41, 5.74) is 0.848. The molecule has 0 aliphatic carbocycles. The lowest BCUT2D eigenvalue weighted by atomic mass is 10.2. The summed E-state index contributed by atoms with van der Waals surface area (Å²) in [5, 5.41) is 11.4. The van der Waals surface area contributed by atoms with E-state index >= 15 is 0 Å². The average Bonchev–Trinajstić information content (AvgIpc) is 2.66. The minimum atomic E-state index is -1.20. The Hall–Kier alpha value is -1.87. The van der Waals surface area contributed by atoms with Gasteiger partial charge in [-0.15, -0.1) is 0 Å². The Morgan fingerprint density at radius 2 is 2.06 bits per heavy atom. The number of aryl methyl sites for hydroxylation is 1. The first kappa shape index (κ1) is 11.6. The van der Waals surface area contributed by atoms with E-state index in [4.69, 9.17) is 0 Å². The van der Waals surface area contributed by atoms with Crippen LogP contribution in [0, 0.1) is 6.92 Å². The highest BCUT2D eigenvalue weighted by Crippen LogP contribution is 2.26. The molecule has 1 atom stereocenters. The van der Waals surface area contributed by atoms with E-state index in [0.29, 0.717) is 6.29 Å². The Bertz CT molecular complexity index is 579. The van der Waals surface area contributed by atoms with Crippen LogP contribution in [0.2, 0.25) is 0 Å². The molecule has 0 bridgehead atoms. The van der Waals surface area contributed by atoms with E-state index in [9.17, 15) is 9.90 Å². The maximum absolute atomic E-state index is 10.3. The molecule has 2 aromatic rings. The number of hydrogen-bond donors (Lipinski definition) is 1. The summed E-state index contributed by atoms with van der Waals surface area (Å²) in [6.07, 6.45) is 5.34. The highest BCUT2D eigenvalue weighted by Gasteiger charge is 2.21. The SMILES string of the molecule is Cc1cn(C(C)(O)/C=C\C=O)c2ccccc12. The standard InChI is InChI=1S/C14H15NO2/c1-11-10-15(14(2,17)8-5-9-16)13-7-4-3-6-12(11)13/h3-10,17H,1-2H3/b8-5-. The molecule has 1 aromatic heterocycles. The second-order valence-corrected chi connectivity index (χ2v) is 4.29. The van der Waals surface area contributed by atoms with Gasteiger partial charge in [-0.25, -0.2) is 0 Å². The smallest absolute Gasteiger partial charge is 0.158 e. The van der Waals surface area contributed by atoms with Gasteiger partial charge in [0.05, 0.1) is 5.52 Å². The Morgan fingerprint density at radius 1 is 1.35 bits per heavy atom. The minimum absolute atomic E-state index is 0.660. The maximum Gasteiger partial charge on any atom is 0.158 e. The first-order valence-corrected chi connectivity index (χ1v) is 5.49. The third kappa shape index (κ3) is 2.01. The molecule has 3 nitrogen and oxygen atoms in total. The number of benzene rings is 1. The van der Waals surface area contributed by atoms with Crippen LogP contribution in [0.4, 0.5) is 0 Å². The molecule has 0 spiro atoms. The van der Waals surface area contributed by atoms with Crippen molar-refractivity contribution in [3.8, 4) is 0 Å². The molecular weight excluding hydrogens is 214 g/mol. The normalized spacial score (nSPS) is 15.2. The van der Waals surface area contributed by atoms with E-state index in [1.807, 2.05) is 37.4 Å². The van der Waals surface area contributed by atoms with Gasteiger partial charge < -0.3 is 9.67 Å². The van der Waals surface area contributed by atoms with Gasteiger partial charge in [0.25, 0.3) is 0 Å². The Labute approximate surface area is 100.0 Å². The lowest BCUT2D eigenvalue weighted by Crippen LogP contribution is -2.26. The van der Waals surface area contributed by atoms with Crippen molar-refractivity contribution >= 4 is 17.2 Å². The van der Waals surface area contributed by atoms with Crippen molar-refractivity contribution in [2.75, 3.05) is 0 Å². The number of aliphatic hydroxyl groups is 1. The van der Waals surface area contributed by atoms with Gasteiger partial charge in [-0.05, 0) is 37.6 Å². The predicted octanol–water partition coefficient (Wildman–Crippen LogP) is 2.37. The molecule has 1 unspecified atom stereocenters. The summed E-state index contributed by atoms with van der Waals surface area (Å²) in [4.78, 5) is 10.3. The van der Waals surface area contributed by atoms with Crippen molar-refractivity contribution < 1.29 is 9.90 Å². The summed E-state index contributed by atoms with van der Waals surface area (Å²) in [6, 6.07) is 7.86. The molecule has 0 fully saturated rings. The Morgan fingerprint density at radius 3 is 2.76 bits per heavy atom. The molecule has 2 rings (SSSR count). The van der Waals surface area contributed by atoms with Gasteiger partial charge in [0.15, 0.2) is 5.72 Å². The zero-order valence-electron chi connectivity index (χ0n) is 9.92. The van der Waals surface area contributed by atoms with E-state index in [1.165, 1.54) is 12.2 Å². The van der Waals surface area contributed by atoms with Crippen LogP contribution in [0.1, 0.15) is 12.5 Å². The van der Waals surface area contributed by atoms with Gasteiger partial charge in [-0.2, -0.15) is 0 Å². The molecule has 0 aliphatic rings. The molecule has 0 radical (unpaired) electrons. The fourth-order valence-electron chi connectivity index (χ4n) is 2.03. The van der Waals surface area contributed by atoms with Gasteiger partial charge in [0.1, 0.15) is 6.29 Å². The first-order valence-electron chi connectivity index (χ1n) is 5.49. The van der Waals surface area contributed by atoms with Gasteiger partial charge >= 0.3 is 0 Å². The Balaban J connectivity index is 2.63. The molecule has 0 aliphatic heterocycles. The summed E-state index contributed by atoms with van der Waals surface area (Å²) >= 11 is 0. The number of nitrogens with zero attached hydrogens (tertiary/aromatic N) is 1. The molecule has 0 saturated carbocycles. The van der Waals surface area contributed by atoms with E-state index < -0.39 is 5.72 Å². The van der Waals surface area contributed by atoms with Crippen LogP contribution in [0.15, 0.2) is 42.6 Å². The van der Waals surface area contributed by atoms with Crippen molar-refractivity contribution in [2.24, 2.45) is 0 Å². The third-order valence-corrected chi connectivity index (χ3v) is 2.89. The summed E-state index contributed by atoms with van der Waals surface area (Å²) in [7, 11) is 0. The zero-order chi connectivity index (χ0) is 12.5. The van der Waals surface area contributed by atoms with Gasteiger partial charge in [-0.3, -0.25) is 4.79 Å². The largest absolute Gasteiger partial charge is 0.367 e. The number of aromatic nitrogens is 1. The number of aldehydes is 1. The van der Waals surface area contributed by atoms with E-state index in [2.05, 4.69) is 0 Å². The molecule has 0 saturated heterocycles. The van der Waals surface area contributed by atoms with Crippen LogP contribution in [0.3, 0.4) is 0 Å². The highest BCUT2D eigenvalue weighted by atomic mass is 16.3. The molecule has 1 heterocycles. The van der Waals surface area contributed by atoms with Crippen molar-refractivity contribution in [3.63, 3.8) is 0 Å². The van der Waals surface area contributed by atoms with Crippen LogP contribution in [-0.4, -0.2) is 16.0 Å². The second kappa shape index (κ2) is 4.18. The molecule has 17 heavy (non-hydrogen) atoms. The predicted molar refractivity (Wildman–Crippen MR) is 67.7 cm³/mol. The number of hydrogen-bond acceptors (Lipinski definition) is 2. The molecular formula is C14H15NO2. The number of para-hydroxylation sites is 1. The average molecular weight is 229 g/mol. The van der Waals surface area contributed by atoms with Crippen molar-refractivity contribution in [3.05, 3.63) is 48.2 Å². The number of allylic oxidation sites excluding steroid dienone is 1. The van der Waals surface area contributed by atoms with E-state index in [-0.39, 0.29) is 0 Å². The molecule has 3 heteroatoms. The number of carbonyl (C=O) groups is 1. The quantitative estimate of drug-likeness (QED) is 0.648. The van der Waals surface area contributed by atoms with Crippen LogP contribution >= 0.6 is 0 Å². The summed E-state index contributed by atoms with van der Waals surface area (Å²) in [6.45, 7) is 3.65. The molecule has 0 amide bonds. The van der Waals surface area contributed by atoms with Crippen LogP contribution in [0.25, 0.3) is 10.9 Å². The van der Waals surface area contributed by atoms with Gasteiger partial charge in [0.2, 0.25) is 0 Å². The monoisotopic (exact) mass is 229 g/mol. The van der Waals surface area contributed by atoms with Gasteiger partial charge in [-0.1, -0.05) is 18.2 Å². The zero-order valence-corrected chi connectivity index (χ0v) is 9.92. The minimum Gasteiger partial charge on any atom is -0.367 e. The Kier molecular flexibility index (Phi) is 2.86. The fraction of sp³-hybridized carbons (Fsp3) is 0.214. The van der Waals surface area contributed by atoms with Gasteiger partial charge in [0, 0.05) is 11.6 Å². The third-order valence-electron chi connectivity index (χ3n) is 2.89. The first-order chi connectivity index (χ1) is 8.06. The second-order valence-electron chi connectivity index (χ2n) is 4.29. The summed E-state index contributed by atoms with van der Waals surface area (Å²) in [5.74, 6) is 0. The number of rotatable bonds is 3. The van der Waals surface area contributed by atoms with Crippen molar-refractivity contribution in [2.45, 2.75) is 19.6 Å².